The Morgan fingerprint density at radius 3 is 2.62 bits per heavy atom. The highest BCUT2D eigenvalue weighted by atomic mass is 35.5. The predicted molar refractivity (Wildman–Crippen MR) is 110 cm³/mol. The lowest BCUT2D eigenvalue weighted by atomic mass is 9.85. The van der Waals surface area contributed by atoms with E-state index in [1.54, 1.807) is 30.6 Å². The lowest BCUT2D eigenvalue weighted by molar-refractivity contribution is -0.121. The second kappa shape index (κ2) is 7.75. The van der Waals surface area contributed by atoms with Gasteiger partial charge in [0, 0.05) is 34.8 Å². The number of fused-ring (bicyclic) bond motifs is 1. The summed E-state index contributed by atoms with van der Waals surface area (Å²) >= 11 is 5.89. The van der Waals surface area contributed by atoms with Crippen molar-refractivity contribution >= 4 is 34.2 Å². The van der Waals surface area contributed by atoms with Gasteiger partial charge in [0.1, 0.15) is 0 Å². The van der Waals surface area contributed by atoms with Crippen molar-refractivity contribution in [1.82, 2.24) is 9.55 Å². The average Bonchev–Trinajstić information content (AvgIpc) is 3.26. The second-order valence-corrected chi connectivity index (χ2v) is 8.39. The van der Waals surface area contributed by atoms with Crippen LogP contribution in [0.5, 0.6) is 0 Å². The minimum atomic E-state index is -0.895. The zero-order chi connectivity index (χ0) is 20.7. The molecular formula is C22H22ClF2N3O. The molecule has 7 heteroatoms. The maximum atomic E-state index is 13.7. The number of carbonyl (C=O) groups excluding carboxylic acids is 1. The molecule has 0 spiro atoms. The molecule has 29 heavy (non-hydrogen) atoms. The number of nitrogens with zero attached hydrogens (tertiary/aromatic N) is 2. The first-order valence-electron chi connectivity index (χ1n) is 9.71. The third kappa shape index (κ3) is 3.86. The number of rotatable bonds is 4. The number of hydrogen-bond donors (Lipinski definition) is 1. The Labute approximate surface area is 172 Å². The molecule has 4 nitrogen and oxygen atoms in total. The van der Waals surface area contributed by atoms with Crippen molar-refractivity contribution in [1.29, 1.82) is 0 Å². The van der Waals surface area contributed by atoms with Crippen LogP contribution in [0.25, 0.3) is 11.0 Å². The van der Waals surface area contributed by atoms with E-state index in [4.69, 9.17) is 11.6 Å². The standard InChI is InChI=1S/C22H22ClF2N3O/c1-12-7-16(28-11-26-20-9-18(24)19(25)10-21(20)28)8-17(12)13(2)22(29)27-15-5-3-14(23)4-6-15/h3-6,9-13,16-17H,7-8H2,1-2H3,(H,27,29)/t12-,13?,16+,17+/m0/s1. The Morgan fingerprint density at radius 1 is 1.21 bits per heavy atom. The molecule has 0 aliphatic heterocycles. The normalized spacial score (nSPS) is 22.7. The maximum absolute atomic E-state index is 13.7. The SMILES string of the molecule is CC(C(=O)Nc1ccc(Cl)cc1)[C@@H]1C[C@H](n2cnc3cc(F)c(F)cc32)C[C@@H]1C. The Bertz CT molecular complexity index is 1050. The van der Waals surface area contributed by atoms with Gasteiger partial charge in [0.05, 0.1) is 17.4 Å². The Morgan fingerprint density at radius 2 is 1.90 bits per heavy atom. The van der Waals surface area contributed by atoms with Crippen molar-refractivity contribution < 1.29 is 13.6 Å². The highest BCUT2D eigenvalue weighted by Gasteiger charge is 2.38. The first-order chi connectivity index (χ1) is 13.8. The topological polar surface area (TPSA) is 46.9 Å². The molecule has 152 valence electrons. The largest absolute Gasteiger partial charge is 0.327 e. The smallest absolute Gasteiger partial charge is 0.227 e. The molecule has 1 aliphatic carbocycles. The molecule has 1 aromatic heterocycles. The third-order valence-electron chi connectivity index (χ3n) is 6.10. The molecule has 1 aliphatic rings. The fourth-order valence-electron chi connectivity index (χ4n) is 4.47. The van der Waals surface area contributed by atoms with Gasteiger partial charge in [-0.25, -0.2) is 13.8 Å². The van der Waals surface area contributed by atoms with Gasteiger partial charge < -0.3 is 9.88 Å². The molecule has 1 saturated carbocycles. The zero-order valence-corrected chi connectivity index (χ0v) is 17.0. The number of carbonyl (C=O) groups is 1. The summed E-state index contributed by atoms with van der Waals surface area (Å²) in [7, 11) is 0. The lowest BCUT2D eigenvalue weighted by Crippen LogP contribution is -2.28. The molecule has 4 atom stereocenters. The van der Waals surface area contributed by atoms with Gasteiger partial charge in [-0.15, -0.1) is 0 Å². The molecule has 0 saturated heterocycles. The van der Waals surface area contributed by atoms with Gasteiger partial charge >= 0.3 is 0 Å². The van der Waals surface area contributed by atoms with Crippen LogP contribution in [0, 0.1) is 29.4 Å². The van der Waals surface area contributed by atoms with Gasteiger partial charge in [0.25, 0.3) is 0 Å². The fraction of sp³-hybridized carbons (Fsp3) is 0.364. The van der Waals surface area contributed by atoms with Crippen LogP contribution in [0.1, 0.15) is 32.7 Å². The molecule has 0 radical (unpaired) electrons. The van der Waals surface area contributed by atoms with Crippen LogP contribution in [0.15, 0.2) is 42.7 Å². The van der Waals surface area contributed by atoms with Gasteiger partial charge in [-0.1, -0.05) is 25.4 Å². The maximum Gasteiger partial charge on any atom is 0.227 e. The van der Waals surface area contributed by atoms with E-state index in [9.17, 15) is 13.6 Å². The van der Waals surface area contributed by atoms with Gasteiger partial charge in [-0.2, -0.15) is 0 Å². The summed E-state index contributed by atoms with van der Waals surface area (Å²) in [5.41, 5.74) is 1.74. The van der Waals surface area contributed by atoms with E-state index in [0.29, 0.717) is 27.7 Å². The number of amides is 1. The summed E-state index contributed by atoms with van der Waals surface area (Å²) < 4.78 is 29.1. The number of imidazole rings is 1. The second-order valence-electron chi connectivity index (χ2n) is 7.96. The number of anilines is 1. The third-order valence-corrected chi connectivity index (χ3v) is 6.35. The van der Waals surface area contributed by atoms with E-state index in [1.165, 1.54) is 6.07 Å². The number of nitrogens with one attached hydrogen (secondary N) is 1. The van der Waals surface area contributed by atoms with Crippen LogP contribution in [-0.4, -0.2) is 15.5 Å². The monoisotopic (exact) mass is 417 g/mol. The van der Waals surface area contributed by atoms with Gasteiger partial charge in [0.2, 0.25) is 5.91 Å². The molecule has 0 bridgehead atoms. The van der Waals surface area contributed by atoms with Crippen molar-refractivity contribution in [2.24, 2.45) is 17.8 Å². The minimum Gasteiger partial charge on any atom is -0.327 e. The van der Waals surface area contributed by atoms with Crippen molar-refractivity contribution in [2.45, 2.75) is 32.7 Å². The summed E-state index contributed by atoms with van der Waals surface area (Å²) in [4.78, 5) is 17.0. The van der Waals surface area contributed by atoms with E-state index in [1.807, 2.05) is 11.5 Å². The van der Waals surface area contributed by atoms with E-state index in [-0.39, 0.29) is 23.8 Å². The molecule has 2 aromatic carbocycles. The van der Waals surface area contributed by atoms with E-state index >= 15 is 0 Å². The number of halogens is 3. The van der Waals surface area contributed by atoms with Gasteiger partial charge in [0.15, 0.2) is 11.6 Å². The first-order valence-corrected chi connectivity index (χ1v) is 10.1. The van der Waals surface area contributed by atoms with Crippen LogP contribution in [0.2, 0.25) is 5.02 Å². The van der Waals surface area contributed by atoms with E-state index < -0.39 is 11.6 Å². The van der Waals surface area contributed by atoms with Crippen LogP contribution >= 0.6 is 11.6 Å². The summed E-state index contributed by atoms with van der Waals surface area (Å²) in [6, 6.07) is 9.45. The van der Waals surface area contributed by atoms with E-state index in [0.717, 1.165) is 18.9 Å². The molecule has 4 rings (SSSR count). The molecular weight excluding hydrogens is 396 g/mol. The van der Waals surface area contributed by atoms with Crippen molar-refractivity contribution in [3.05, 3.63) is 59.4 Å². The van der Waals surface area contributed by atoms with Crippen molar-refractivity contribution in [3.8, 4) is 0 Å². The molecule has 1 amide bonds. The Kier molecular flexibility index (Phi) is 5.30. The van der Waals surface area contributed by atoms with E-state index in [2.05, 4.69) is 17.2 Å². The molecule has 1 fully saturated rings. The summed E-state index contributed by atoms with van der Waals surface area (Å²) in [5.74, 6) is -1.50. The number of benzene rings is 2. The summed E-state index contributed by atoms with van der Waals surface area (Å²) in [5, 5.41) is 3.57. The molecule has 1 heterocycles. The first kappa shape index (κ1) is 19.8. The highest BCUT2D eigenvalue weighted by Crippen LogP contribution is 2.44. The number of hydrogen-bond acceptors (Lipinski definition) is 2. The minimum absolute atomic E-state index is 0.0339. The quantitative estimate of drug-likeness (QED) is 0.580. The van der Waals surface area contributed by atoms with Crippen LogP contribution in [-0.2, 0) is 4.79 Å². The average molecular weight is 418 g/mol. The predicted octanol–water partition coefficient (Wildman–Crippen LogP) is 5.83. The van der Waals surface area contributed by atoms with Crippen LogP contribution < -0.4 is 5.32 Å². The summed E-state index contributed by atoms with van der Waals surface area (Å²) in [6.07, 6.45) is 3.27. The zero-order valence-electron chi connectivity index (χ0n) is 16.2. The summed E-state index contributed by atoms with van der Waals surface area (Å²) in [6.45, 7) is 4.08. The van der Waals surface area contributed by atoms with Crippen LogP contribution in [0.3, 0.4) is 0 Å². The number of aromatic nitrogens is 2. The van der Waals surface area contributed by atoms with Gasteiger partial charge in [-0.3, -0.25) is 4.79 Å². The molecule has 1 unspecified atom stereocenters. The fourth-order valence-corrected chi connectivity index (χ4v) is 4.59. The van der Waals surface area contributed by atoms with Gasteiger partial charge in [-0.05, 0) is 48.9 Å². The lowest BCUT2D eigenvalue weighted by Gasteiger charge is -2.22. The Hall–Kier alpha value is -2.47. The highest BCUT2D eigenvalue weighted by molar-refractivity contribution is 6.30. The van der Waals surface area contributed by atoms with Crippen molar-refractivity contribution in [2.75, 3.05) is 5.32 Å². The van der Waals surface area contributed by atoms with Crippen LogP contribution in [0.4, 0.5) is 14.5 Å². The molecule has 3 aromatic rings. The van der Waals surface area contributed by atoms with Crippen molar-refractivity contribution in [3.63, 3.8) is 0 Å². The Balaban J connectivity index is 1.50. The molecule has 1 N–H and O–H groups in total.